The van der Waals surface area contributed by atoms with Crippen LogP contribution < -0.4 is 5.73 Å². The maximum atomic E-state index is 13.6. The van der Waals surface area contributed by atoms with E-state index in [0.29, 0.717) is 11.5 Å². The molecule has 1 aromatic heterocycles. The number of hydrogen-bond donors (Lipinski definition) is 1. The minimum absolute atomic E-state index is 0.291. The Morgan fingerprint density at radius 2 is 2.05 bits per heavy atom. The molecule has 0 saturated heterocycles. The molecular formula is C15H20FN3. The number of fused-ring (bicyclic) bond motifs is 1. The van der Waals surface area contributed by atoms with Crippen LogP contribution in [0.25, 0.3) is 11.0 Å². The highest BCUT2D eigenvalue weighted by Gasteiger charge is 2.16. The van der Waals surface area contributed by atoms with Crippen LogP contribution in [0.3, 0.4) is 0 Å². The Hall–Kier alpha value is -1.58. The molecule has 1 aliphatic carbocycles. The van der Waals surface area contributed by atoms with Crippen molar-refractivity contribution in [3.05, 3.63) is 24.0 Å². The standard InChI is InChI=1S/C15H20FN3/c16-12-7-4-8-13-14(12)18-15(17)19(13)10-9-11-5-2-1-3-6-11/h4,7-8,11H,1-3,5-6,9-10H2,(H2,17,18). The van der Waals surface area contributed by atoms with Crippen molar-refractivity contribution in [2.75, 3.05) is 5.73 Å². The van der Waals surface area contributed by atoms with Crippen molar-refractivity contribution in [2.45, 2.75) is 45.1 Å². The normalized spacial score (nSPS) is 17.1. The van der Waals surface area contributed by atoms with Crippen molar-refractivity contribution in [2.24, 2.45) is 5.92 Å². The van der Waals surface area contributed by atoms with Crippen molar-refractivity contribution in [1.82, 2.24) is 9.55 Å². The predicted molar refractivity (Wildman–Crippen MR) is 75.3 cm³/mol. The lowest BCUT2D eigenvalue weighted by atomic mass is 9.87. The van der Waals surface area contributed by atoms with Gasteiger partial charge in [0.15, 0.2) is 5.82 Å². The zero-order valence-electron chi connectivity index (χ0n) is 11.1. The number of anilines is 1. The Bertz CT molecular complexity index is 570. The van der Waals surface area contributed by atoms with Crippen LogP contribution in [-0.4, -0.2) is 9.55 Å². The van der Waals surface area contributed by atoms with Crippen molar-refractivity contribution in [1.29, 1.82) is 0 Å². The van der Waals surface area contributed by atoms with Gasteiger partial charge >= 0.3 is 0 Å². The molecule has 2 aromatic rings. The SMILES string of the molecule is Nc1nc2c(F)cccc2n1CCC1CCCCC1. The number of rotatable bonds is 3. The van der Waals surface area contributed by atoms with Gasteiger partial charge in [-0.1, -0.05) is 38.2 Å². The van der Waals surface area contributed by atoms with Gasteiger partial charge in [0.1, 0.15) is 5.52 Å². The summed E-state index contributed by atoms with van der Waals surface area (Å²) < 4.78 is 15.6. The molecule has 1 heterocycles. The van der Waals surface area contributed by atoms with Crippen molar-refractivity contribution in [3.8, 4) is 0 Å². The molecule has 3 rings (SSSR count). The maximum absolute atomic E-state index is 13.6. The largest absolute Gasteiger partial charge is 0.369 e. The van der Waals surface area contributed by atoms with Gasteiger partial charge in [-0.15, -0.1) is 0 Å². The average Bonchev–Trinajstić information content (AvgIpc) is 2.75. The van der Waals surface area contributed by atoms with Gasteiger partial charge in [-0.05, 0) is 24.5 Å². The number of aryl methyl sites for hydroxylation is 1. The summed E-state index contributed by atoms with van der Waals surface area (Å²) in [5.41, 5.74) is 7.13. The van der Waals surface area contributed by atoms with Gasteiger partial charge in [0.25, 0.3) is 0 Å². The van der Waals surface area contributed by atoms with E-state index in [-0.39, 0.29) is 5.82 Å². The summed E-state index contributed by atoms with van der Waals surface area (Å²) in [5.74, 6) is 0.927. The number of imidazole rings is 1. The molecule has 19 heavy (non-hydrogen) atoms. The number of aromatic nitrogens is 2. The molecule has 4 heteroatoms. The van der Waals surface area contributed by atoms with Crippen LogP contribution in [0, 0.1) is 11.7 Å². The Balaban J connectivity index is 1.80. The third-order valence-corrected chi connectivity index (χ3v) is 4.24. The number of halogens is 1. The Morgan fingerprint density at radius 3 is 2.84 bits per heavy atom. The summed E-state index contributed by atoms with van der Waals surface area (Å²) >= 11 is 0. The van der Waals surface area contributed by atoms with Crippen molar-refractivity contribution >= 4 is 17.0 Å². The van der Waals surface area contributed by atoms with Crippen LogP contribution in [0.2, 0.25) is 0 Å². The number of nitrogen functional groups attached to an aromatic ring is 1. The summed E-state index contributed by atoms with van der Waals surface area (Å²) in [6.45, 7) is 0.844. The van der Waals surface area contributed by atoms with E-state index in [0.717, 1.165) is 24.4 Å². The topological polar surface area (TPSA) is 43.8 Å². The molecule has 0 aliphatic heterocycles. The molecule has 0 bridgehead atoms. The fraction of sp³-hybridized carbons (Fsp3) is 0.533. The van der Waals surface area contributed by atoms with E-state index in [2.05, 4.69) is 4.98 Å². The van der Waals surface area contributed by atoms with Crippen LogP contribution in [0.5, 0.6) is 0 Å². The van der Waals surface area contributed by atoms with Crippen molar-refractivity contribution in [3.63, 3.8) is 0 Å². The summed E-state index contributed by atoms with van der Waals surface area (Å²) in [6.07, 6.45) is 7.82. The number of para-hydroxylation sites is 1. The van der Waals surface area contributed by atoms with Gasteiger partial charge in [-0.2, -0.15) is 0 Å². The number of benzene rings is 1. The van der Waals surface area contributed by atoms with Crippen LogP contribution in [0.4, 0.5) is 10.3 Å². The number of nitrogens with two attached hydrogens (primary N) is 1. The molecular weight excluding hydrogens is 241 g/mol. The first-order valence-corrected chi connectivity index (χ1v) is 7.16. The van der Waals surface area contributed by atoms with Crippen LogP contribution in [0.15, 0.2) is 18.2 Å². The number of hydrogen-bond acceptors (Lipinski definition) is 2. The minimum Gasteiger partial charge on any atom is -0.369 e. The van der Waals surface area contributed by atoms with Crippen LogP contribution >= 0.6 is 0 Å². The first kappa shape index (κ1) is 12.5. The molecule has 0 radical (unpaired) electrons. The van der Waals surface area contributed by atoms with Gasteiger partial charge in [0.2, 0.25) is 5.95 Å². The first-order chi connectivity index (χ1) is 9.25. The first-order valence-electron chi connectivity index (χ1n) is 7.16. The number of nitrogens with zero attached hydrogens (tertiary/aromatic N) is 2. The maximum Gasteiger partial charge on any atom is 0.201 e. The highest BCUT2D eigenvalue weighted by molar-refractivity contribution is 5.78. The molecule has 1 fully saturated rings. The highest BCUT2D eigenvalue weighted by atomic mass is 19.1. The van der Waals surface area contributed by atoms with E-state index in [1.54, 1.807) is 6.07 Å². The Morgan fingerprint density at radius 1 is 1.26 bits per heavy atom. The van der Waals surface area contributed by atoms with Gasteiger partial charge in [-0.3, -0.25) is 0 Å². The fourth-order valence-corrected chi connectivity index (χ4v) is 3.15. The molecule has 1 aromatic carbocycles. The average molecular weight is 261 g/mol. The van der Waals surface area contributed by atoms with Crippen molar-refractivity contribution < 1.29 is 4.39 Å². The molecule has 0 amide bonds. The summed E-state index contributed by atoms with van der Waals surface area (Å²) in [7, 11) is 0. The summed E-state index contributed by atoms with van der Waals surface area (Å²) in [4.78, 5) is 4.14. The van der Waals surface area contributed by atoms with Gasteiger partial charge in [-0.25, -0.2) is 9.37 Å². The third kappa shape index (κ3) is 2.44. The quantitative estimate of drug-likeness (QED) is 0.915. The second-order valence-electron chi connectivity index (χ2n) is 5.52. The molecule has 0 spiro atoms. The van der Waals surface area contributed by atoms with Crippen LogP contribution in [0.1, 0.15) is 38.5 Å². The molecule has 2 N–H and O–H groups in total. The smallest absolute Gasteiger partial charge is 0.201 e. The van der Waals surface area contributed by atoms with Gasteiger partial charge in [0.05, 0.1) is 5.52 Å². The monoisotopic (exact) mass is 261 g/mol. The molecule has 102 valence electrons. The minimum atomic E-state index is -0.291. The lowest BCUT2D eigenvalue weighted by Crippen LogP contribution is -2.11. The Labute approximate surface area is 112 Å². The lowest BCUT2D eigenvalue weighted by Gasteiger charge is -2.21. The molecule has 1 saturated carbocycles. The van der Waals surface area contributed by atoms with Gasteiger partial charge < -0.3 is 10.3 Å². The Kier molecular flexibility index (Phi) is 3.40. The summed E-state index contributed by atoms with van der Waals surface area (Å²) in [6, 6.07) is 5.04. The van der Waals surface area contributed by atoms with E-state index in [1.165, 1.54) is 38.2 Å². The molecule has 0 unspecified atom stereocenters. The van der Waals surface area contributed by atoms with E-state index in [9.17, 15) is 4.39 Å². The second-order valence-corrected chi connectivity index (χ2v) is 5.52. The molecule has 0 atom stereocenters. The third-order valence-electron chi connectivity index (χ3n) is 4.24. The van der Waals surface area contributed by atoms with E-state index in [1.807, 2.05) is 10.6 Å². The van der Waals surface area contributed by atoms with Crippen LogP contribution in [-0.2, 0) is 6.54 Å². The highest BCUT2D eigenvalue weighted by Crippen LogP contribution is 2.28. The van der Waals surface area contributed by atoms with E-state index in [4.69, 9.17) is 5.73 Å². The predicted octanol–water partition coefficient (Wildman–Crippen LogP) is 3.73. The summed E-state index contributed by atoms with van der Waals surface area (Å²) in [5, 5.41) is 0. The molecule has 1 aliphatic rings. The van der Waals surface area contributed by atoms with E-state index >= 15 is 0 Å². The lowest BCUT2D eigenvalue weighted by molar-refractivity contribution is 0.326. The second kappa shape index (κ2) is 5.19. The van der Waals surface area contributed by atoms with E-state index < -0.39 is 0 Å². The zero-order valence-corrected chi connectivity index (χ0v) is 11.1. The molecule has 3 nitrogen and oxygen atoms in total. The fourth-order valence-electron chi connectivity index (χ4n) is 3.15. The van der Waals surface area contributed by atoms with Gasteiger partial charge in [0, 0.05) is 6.54 Å². The zero-order chi connectivity index (χ0) is 13.2.